The zero-order chi connectivity index (χ0) is 16.4. The van der Waals surface area contributed by atoms with Crippen LogP contribution in [0, 0.1) is 18.2 Å². The maximum atomic E-state index is 12.9. The normalized spacial score (nSPS) is 20.9. The third-order valence-corrected chi connectivity index (χ3v) is 7.07. The molecule has 1 aromatic rings. The van der Waals surface area contributed by atoms with Crippen molar-refractivity contribution >= 4 is 19.9 Å². The van der Waals surface area contributed by atoms with Gasteiger partial charge in [-0.15, -0.1) is 6.42 Å². The molecule has 0 bridgehead atoms. The summed E-state index contributed by atoms with van der Waals surface area (Å²) in [6.45, 7) is -0.177. The monoisotopic (exact) mass is 345 g/mol. The molecule has 1 heterocycles. The fraction of sp³-hybridized carbons (Fsp3) is 0.429. The maximum Gasteiger partial charge on any atom is 0.219 e. The lowest BCUT2D eigenvalue weighted by Gasteiger charge is -2.25. The number of rotatable bonds is 5. The molecule has 22 heavy (non-hydrogen) atoms. The Bertz CT molecular complexity index is 779. The zero-order valence-electron chi connectivity index (χ0n) is 11.8. The van der Waals surface area contributed by atoms with Crippen molar-refractivity contribution in [2.45, 2.75) is 18.2 Å². The number of terminal acetylenes is 1. The van der Waals surface area contributed by atoms with E-state index in [0.29, 0.717) is 5.56 Å². The predicted molar refractivity (Wildman–Crippen MR) is 81.6 cm³/mol. The Morgan fingerprint density at radius 2 is 1.95 bits per heavy atom. The second-order valence-electron chi connectivity index (χ2n) is 5.19. The van der Waals surface area contributed by atoms with Crippen LogP contribution >= 0.6 is 0 Å². The highest BCUT2D eigenvalue weighted by molar-refractivity contribution is 7.92. The number of nitrogens with zero attached hydrogens (tertiary/aromatic N) is 1. The molecule has 0 aromatic heterocycles. The van der Waals surface area contributed by atoms with Gasteiger partial charge in [0.25, 0.3) is 0 Å². The Labute approximate surface area is 130 Å². The predicted octanol–water partition coefficient (Wildman–Crippen LogP) is 0.778. The van der Waals surface area contributed by atoms with Crippen LogP contribution in [0.2, 0.25) is 0 Å². The minimum Gasteiger partial charge on any atom is -0.229 e. The molecule has 0 saturated carbocycles. The van der Waals surface area contributed by atoms with E-state index >= 15 is 0 Å². The molecule has 8 heteroatoms. The smallest absolute Gasteiger partial charge is 0.219 e. The molecule has 1 aliphatic heterocycles. The van der Waals surface area contributed by atoms with Gasteiger partial charge in [0.2, 0.25) is 10.0 Å². The van der Waals surface area contributed by atoms with E-state index in [9.17, 15) is 21.2 Å². The highest BCUT2D eigenvalue weighted by atomic mass is 32.2. The summed E-state index contributed by atoms with van der Waals surface area (Å²) in [6.07, 6.45) is 5.46. The first-order valence-corrected chi connectivity index (χ1v) is 10.0. The SMILES string of the molecule is C#CCN(C1CCS(=O)(=O)C1)S(=O)(=O)Cc1ccc(F)cc1. The molecule has 0 amide bonds. The first-order valence-electron chi connectivity index (χ1n) is 6.61. The third-order valence-electron chi connectivity index (χ3n) is 3.48. The first kappa shape index (κ1) is 16.9. The quantitative estimate of drug-likeness (QED) is 0.740. The van der Waals surface area contributed by atoms with Crippen molar-refractivity contribution in [3.05, 3.63) is 35.6 Å². The Morgan fingerprint density at radius 1 is 1.32 bits per heavy atom. The molecule has 1 fully saturated rings. The van der Waals surface area contributed by atoms with Crippen molar-refractivity contribution in [1.82, 2.24) is 4.31 Å². The van der Waals surface area contributed by atoms with Crippen LogP contribution in [-0.2, 0) is 25.6 Å². The topological polar surface area (TPSA) is 71.5 Å². The molecule has 5 nitrogen and oxygen atoms in total. The highest BCUT2D eigenvalue weighted by Gasteiger charge is 2.37. The van der Waals surface area contributed by atoms with E-state index in [1.165, 1.54) is 24.3 Å². The summed E-state index contributed by atoms with van der Waals surface area (Å²) in [5.41, 5.74) is 0.421. The highest BCUT2D eigenvalue weighted by Crippen LogP contribution is 2.22. The van der Waals surface area contributed by atoms with Gasteiger partial charge in [-0.3, -0.25) is 0 Å². The van der Waals surface area contributed by atoms with E-state index in [0.717, 1.165) is 4.31 Å². The van der Waals surface area contributed by atoms with E-state index < -0.39 is 31.7 Å². The van der Waals surface area contributed by atoms with Crippen LogP contribution in [0.1, 0.15) is 12.0 Å². The summed E-state index contributed by atoms with van der Waals surface area (Å²) < 4.78 is 62.1. The second kappa shape index (κ2) is 6.36. The van der Waals surface area contributed by atoms with Crippen LogP contribution in [-0.4, -0.2) is 45.2 Å². The van der Waals surface area contributed by atoms with Gasteiger partial charge in [-0.1, -0.05) is 18.1 Å². The molecule has 120 valence electrons. The lowest BCUT2D eigenvalue weighted by molar-refractivity contribution is 0.371. The van der Waals surface area contributed by atoms with E-state index in [1.54, 1.807) is 0 Å². The van der Waals surface area contributed by atoms with Crippen molar-refractivity contribution in [2.75, 3.05) is 18.1 Å². The van der Waals surface area contributed by atoms with E-state index in [1.807, 2.05) is 0 Å². The molecular formula is C14H16FNO4S2. The molecule has 0 aliphatic carbocycles. The Balaban J connectivity index is 2.23. The van der Waals surface area contributed by atoms with Crippen molar-refractivity contribution in [1.29, 1.82) is 0 Å². The standard InChI is InChI=1S/C14H16FNO4S2/c1-2-8-16(14-7-9-21(17,18)11-14)22(19,20)10-12-3-5-13(15)6-4-12/h1,3-6,14H,7-11H2. The molecular weight excluding hydrogens is 329 g/mol. The Kier molecular flexibility index (Phi) is 4.90. The van der Waals surface area contributed by atoms with Gasteiger partial charge in [0, 0.05) is 6.04 Å². The molecule has 0 spiro atoms. The lowest BCUT2D eigenvalue weighted by Crippen LogP contribution is -2.41. The number of hydrogen-bond acceptors (Lipinski definition) is 4. The van der Waals surface area contributed by atoms with Gasteiger partial charge in [-0.2, -0.15) is 4.31 Å². The van der Waals surface area contributed by atoms with Crippen LogP contribution in [0.15, 0.2) is 24.3 Å². The molecule has 0 radical (unpaired) electrons. The molecule has 1 saturated heterocycles. The van der Waals surface area contributed by atoms with Gasteiger partial charge in [0.05, 0.1) is 23.8 Å². The summed E-state index contributed by atoms with van der Waals surface area (Å²) in [7, 11) is -7.00. The molecule has 1 aliphatic rings. The minimum absolute atomic E-state index is 0.0369. The van der Waals surface area contributed by atoms with Crippen LogP contribution in [0.5, 0.6) is 0 Å². The molecule has 0 N–H and O–H groups in total. The van der Waals surface area contributed by atoms with Crippen molar-refractivity contribution in [2.24, 2.45) is 0 Å². The summed E-state index contributed by atoms with van der Waals surface area (Å²) in [6, 6.07) is 4.48. The van der Waals surface area contributed by atoms with Crippen LogP contribution in [0.4, 0.5) is 4.39 Å². The second-order valence-corrected chi connectivity index (χ2v) is 9.34. The maximum absolute atomic E-state index is 12.9. The van der Waals surface area contributed by atoms with Gasteiger partial charge < -0.3 is 0 Å². The summed E-state index contributed by atoms with van der Waals surface area (Å²) in [5.74, 6) is 1.22. The van der Waals surface area contributed by atoms with Crippen LogP contribution in [0.25, 0.3) is 0 Å². The molecule has 1 atom stereocenters. The average Bonchev–Trinajstić information content (AvgIpc) is 2.78. The van der Waals surface area contributed by atoms with Crippen LogP contribution < -0.4 is 0 Å². The van der Waals surface area contributed by atoms with Gasteiger partial charge in [-0.05, 0) is 24.1 Å². The summed E-state index contributed by atoms with van der Waals surface area (Å²) in [4.78, 5) is 0. The van der Waals surface area contributed by atoms with Crippen LogP contribution in [0.3, 0.4) is 0 Å². The first-order chi connectivity index (χ1) is 10.2. The molecule has 1 aromatic carbocycles. The van der Waals surface area contributed by atoms with E-state index in [2.05, 4.69) is 5.92 Å². The molecule has 1 unspecified atom stereocenters. The fourth-order valence-corrected chi connectivity index (χ4v) is 5.93. The minimum atomic E-state index is -3.78. The number of sulfonamides is 1. The van der Waals surface area contributed by atoms with Crippen molar-refractivity contribution < 1.29 is 21.2 Å². The average molecular weight is 345 g/mol. The fourth-order valence-electron chi connectivity index (χ4n) is 2.42. The Morgan fingerprint density at radius 3 is 2.45 bits per heavy atom. The van der Waals surface area contributed by atoms with Gasteiger partial charge in [-0.25, -0.2) is 21.2 Å². The van der Waals surface area contributed by atoms with Crippen molar-refractivity contribution in [3.63, 3.8) is 0 Å². The van der Waals surface area contributed by atoms with E-state index in [4.69, 9.17) is 6.42 Å². The zero-order valence-corrected chi connectivity index (χ0v) is 13.4. The Hall–Kier alpha value is -1.43. The van der Waals surface area contributed by atoms with E-state index in [-0.39, 0.29) is 30.2 Å². The number of hydrogen-bond donors (Lipinski definition) is 0. The lowest BCUT2D eigenvalue weighted by atomic mass is 10.2. The number of halogens is 1. The third kappa shape index (κ3) is 4.06. The van der Waals surface area contributed by atoms with Gasteiger partial charge in [0.15, 0.2) is 9.84 Å². The number of sulfone groups is 1. The molecule has 2 rings (SSSR count). The van der Waals surface area contributed by atoms with Gasteiger partial charge in [0.1, 0.15) is 5.82 Å². The van der Waals surface area contributed by atoms with Crippen molar-refractivity contribution in [3.8, 4) is 12.3 Å². The largest absolute Gasteiger partial charge is 0.229 e. The number of benzene rings is 1. The summed E-state index contributed by atoms with van der Waals surface area (Å²) in [5, 5.41) is 0. The van der Waals surface area contributed by atoms with Gasteiger partial charge >= 0.3 is 0 Å². The summed E-state index contributed by atoms with van der Waals surface area (Å²) >= 11 is 0.